The molecule has 1 unspecified atom stereocenters. The Balaban J connectivity index is 1.75. The first-order valence-electron chi connectivity index (χ1n) is 8.36. The summed E-state index contributed by atoms with van der Waals surface area (Å²) in [4.78, 5) is 30.8. The molecule has 6 heteroatoms. The molecule has 130 valence electrons. The Hall–Kier alpha value is -2.76. The lowest BCUT2D eigenvalue weighted by Crippen LogP contribution is -2.39. The first-order chi connectivity index (χ1) is 12.0. The number of rotatable bonds is 3. The smallest absolute Gasteiger partial charge is 0.274 e. The monoisotopic (exact) mass is 341 g/mol. The Morgan fingerprint density at radius 3 is 2.84 bits per heavy atom. The molecule has 3 rings (SSSR count). The minimum Gasteiger partial charge on any atom is -0.338 e. The van der Waals surface area contributed by atoms with E-state index in [0.29, 0.717) is 11.5 Å². The van der Waals surface area contributed by atoms with Crippen LogP contribution in [0.3, 0.4) is 0 Å². The molecule has 2 aromatic rings. The fourth-order valence-corrected chi connectivity index (χ4v) is 2.99. The number of amides is 2. The number of likely N-dealkylation sites (tertiary alicyclic amines) is 1. The van der Waals surface area contributed by atoms with Crippen molar-refractivity contribution in [3.63, 3.8) is 0 Å². The molecule has 2 amide bonds. The number of carbonyl (C=O) groups is 2. The molecular formula is C19H20FN3O2. The molecule has 1 aliphatic heterocycles. The van der Waals surface area contributed by atoms with Crippen molar-refractivity contribution in [3.8, 4) is 0 Å². The molecule has 1 aromatic carbocycles. The van der Waals surface area contributed by atoms with Crippen molar-refractivity contribution in [1.82, 2.24) is 9.88 Å². The van der Waals surface area contributed by atoms with Gasteiger partial charge in [-0.1, -0.05) is 19.1 Å². The lowest BCUT2D eigenvalue weighted by atomic mass is 9.99. The number of benzene rings is 1. The van der Waals surface area contributed by atoms with Crippen LogP contribution in [-0.4, -0.2) is 34.8 Å². The van der Waals surface area contributed by atoms with Gasteiger partial charge in [-0.25, -0.2) is 4.39 Å². The molecule has 1 fully saturated rings. The molecule has 0 spiro atoms. The van der Waals surface area contributed by atoms with E-state index < -0.39 is 11.7 Å². The number of hydrogen-bond acceptors (Lipinski definition) is 3. The van der Waals surface area contributed by atoms with Crippen LogP contribution < -0.4 is 5.32 Å². The second-order valence-electron chi connectivity index (χ2n) is 6.36. The highest BCUT2D eigenvalue weighted by Gasteiger charge is 2.23. The average Bonchev–Trinajstić information content (AvgIpc) is 2.63. The lowest BCUT2D eigenvalue weighted by molar-refractivity contribution is 0.0683. The van der Waals surface area contributed by atoms with Crippen molar-refractivity contribution >= 4 is 17.5 Å². The van der Waals surface area contributed by atoms with Gasteiger partial charge in [-0.2, -0.15) is 0 Å². The van der Waals surface area contributed by atoms with Crippen molar-refractivity contribution in [1.29, 1.82) is 0 Å². The third-order valence-corrected chi connectivity index (χ3v) is 4.31. The number of carbonyl (C=O) groups excluding carboxylic acids is 2. The van der Waals surface area contributed by atoms with E-state index in [1.54, 1.807) is 18.2 Å². The zero-order chi connectivity index (χ0) is 17.8. The Morgan fingerprint density at radius 1 is 1.28 bits per heavy atom. The molecule has 5 nitrogen and oxygen atoms in total. The molecule has 1 N–H and O–H groups in total. The van der Waals surface area contributed by atoms with E-state index in [4.69, 9.17) is 0 Å². The summed E-state index contributed by atoms with van der Waals surface area (Å²) in [5.41, 5.74) is 0.581. The topological polar surface area (TPSA) is 62.3 Å². The third-order valence-electron chi connectivity index (χ3n) is 4.31. The molecule has 0 saturated carbocycles. The Bertz CT molecular complexity index is 794. The predicted octanol–water partition coefficient (Wildman–Crippen LogP) is 3.35. The Morgan fingerprint density at radius 2 is 2.08 bits per heavy atom. The number of para-hydroxylation sites is 1. The SMILES string of the molecule is CC1CCCN(C(=O)c2ccnc(C(=O)Nc3ccccc3F)c2)C1. The molecular weight excluding hydrogens is 321 g/mol. The second kappa shape index (κ2) is 7.42. The van der Waals surface area contributed by atoms with Crippen LogP contribution in [0.1, 0.15) is 40.6 Å². The summed E-state index contributed by atoms with van der Waals surface area (Å²) in [5, 5.41) is 2.48. The van der Waals surface area contributed by atoms with Crippen LogP contribution in [0.25, 0.3) is 0 Å². The largest absolute Gasteiger partial charge is 0.338 e. The molecule has 1 saturated heterocycles. The number of aromatic nitrogens is 1. The van der Waals surface area contributed by atoms with Crippen LogP contribution in [0.5, 0.6) is 0 Å². The van der Waals surface area contributed by atoms with Gasteiger partial charge in [0.2, 0.25) is 0 Å². The van der Waals surface area contributed by atoms with Crippen molar-refractivity contribution < 1.29 is 14.0 Å². The lowest BCUT2D eigenvalue weighted by Gasteiger charge is -2.31. The molecule has 1 aliphatic rings. The summed E-state index contributed by atoms with van der Waals surface area (Å²) in [7, 11) is 0. The Kier molecular flexibility index (Phi) is 5.07. The maximum absolute atomic E-state index is 13.7. The van der Waals surface area contributed by atoms with Crippen molar-refractivity contribution in [3.05, 3.63) is 59.7 Å². The van der Waals surface area contributed by atoms with Gasteiger partial charge in [0.15, 0.2) is 0 Å². The second-order valence-corrected chi connectivity index (χ2v) is 6.36. The first-order valence-corrected chi connectivity index (χ1v) is 8.36. The number of nitrogens with zero attached hydrogens (tertiary/aromatic N) is 2. The van der Waals surface area contributed by atoms with E-state index in [1.807, 2.05) is 4.90 Å². The standard InChI is InChI=1S/C19H20FN3O2/c1-13-5-4-10-23(12-13)19(25)14-8-9-21-17(11-14)18(24)22-16-7-3-2-6-15(16)20/h2-3,6-9,11,13H,4-5,10,12H2,1H3,(H,22,24). The van der Waals surface area contributed by atoms with Crippen molar-refractivity contribution in [2.75, 3.05) is 18.4 Å². The molecule has 0 aliphatic carbocycles. The van der Waals surface area contributed by atoms with Gasteiger partial charge >= 0.3 is 0 Å². The van der Waals surface area contributed by atoms with Crippen LogP contribution in [0.4, 0.5) is 10.1 Å². The van der Waals surface area contributed by atoms with Gasteiger partial charge in [-0.15, -0.1) is 0 Å². The Labute approximate surface area is 145 Å². The predicted molar refractivity (Wildman–Crippen MR) is 92.9 cm³/mol. The molecule has 25 heavy (non-hydrogen) atoms. The fraction of sp³-hybridized carbons (Fsp3) is 0.316. The van der Waals surface area contributed by atoms with Crippen molar-refractivity contribution in [2.45, 2.75) is 19.8 Å². The van der Waals surface area contributed by atoms with Gasteiger partial charge in [0, 0.05) is 24.8 Å². The minimum atomic E-state index is -0.549. The summed E-state index contributed by atoms with van der Waals surface area (Å²) in [6, 6.07) is 8.96. The fourth-order valence-electron chi connectivity index (χ4n) is 2.99. The van der Waals surface area contributed by atoms with Crippen LogP contribution in [0.15, 0.2) is 42.6 Å². The van der Waals surface area contributed by atoms with Crippen LogP contribution in [0.2, 0.25) is 0 Å². The maximum Gasteiger partial charge on any atom is 0.274 e. The number of hydrogen-bond donors (Lipinski definition) is 1. The number of halogens is 1. The average molecular weight is 341 g/mol. The first kappa shape index (κ1) is 17.1. The van der Waals surface area contributed by atoms with E-state index in [-0.39, 0.29) is 17.3 Å². The molecule has 0 bridgehead atoms. The van der Waals surface area contributed by atoms with Crippen LogP contribution in [0, 0.1) is 11.7 Å². The molecule has 1 aromatic heterocycles. The molecule has 2 heterocycles. The van der Waals surface area contributed by atoms with Gasteiger partial charge in [0.25, 0.3) is 11.8 Å². The summed E-state index contributed by atoms with van der Waals surface area (Å²) in [5.74, 6) is -0.700. The zero-order valence-corrected chi connectivity index (χ0v) is 14.0. The molecule has 0 radical (unpaired) electrons. The summed E-state index contributed by atoms with van der Waals surface area (Å²) in [6.07, 6.45) is 3.53. The van der Waals surface area contributed by atoms with Gasteiger partial charge in [0.05, 0.1) is 5.69 Å². The summed E-state index contributed by atoms with van der Waals surface area (Å²) < 4.78 is 13.7. The number of pyridine rings is 1. The highest BCUT2D eigenvalue weighted by Crippen LogP contribution is 2.18. The number of nitrogens with one attached hydrogen (secondary N) is 1. The van der Waals surface area contributed by atoms with E-state index in [9.17, 15) is 14.0 Å². The van der Waals surface area contributed by atoms with E-state index >= 15 is 0 Å². The van der Waals surface area contributed by atoms with Gasteiger partial charge in [-0.05, 0) is 43.0 Å². The van der Waals surface area contributed by atoms with Crippen LogP contribution in [-0.2, 0) is 0 Å². The van der Waals surface area contributed by atoms with Crippen LogP contribution >= 0.6 is 0 Å². The summed E-state index contributed by atoms with van der Waals surface area (Å²) >= 11 is 0. The highest BCUT2D eigenvalue weighted by atomic mass is 19.1. The minimum absolute atomic E-state index is 0.0795. The van der Waals surface area contributed by atoms with Gasteiger partial charge < -0.3 is 10.2 Å². The van der Waals surface area contributed by atoms with E-state index in [2.05, 4.69) is 17.2 Å². The quantitative estimate of drug-likeness (QED) is 0.931. The number of piperidine rings is 1. The van der Waals surface area contributed by atoms with Gasteiger partial charge in [-0.3, -0.25) is 14.6 Å². The van der Waals surface area contributed by atoms with E-state index in [1.165, 1.54) is 24.4 Å². The van der Waals surface area contributed by atoms with Crippen molar-refractivity contribution in [2.24, 2.45) is 5.92 Å². The normalized spacial score (nSPS) is 17.2. The maximum atomic E-state index is 13.7. The highest BCUT2D eigenvalue weighted by molar-refractivity contribution is 6.04. The molecule has 1 atom stereocenters. The van der Waals surface area contributed by atoms with E-state index in [0.717, 1.165) is 25.9 Å². The zero-order valence-electron chi connectivity index (χ0n) is 14.0. The van der Waals surface area contributed by atoms with Gasteiger partial charge in [0.1, 0.15) is 11.5 Å². The number of anilines is 1. The third kappa shape index (κ3) is 4.02. The summed E-state index contributed by atoms with van der Waals surface area (Å²) in [6.45, 7) is 3.57.